The fraction of sp³-hybridized carbons (Fsp3) is 0.538. The molecule has 1 aromatic rings. The lowest BCUT2D eigenvalue weighted by atomic mass is 9.86. The van der Waals surface area contributed by atoms with E-state index in [1.54, 1.807) is 12.3 Å². The molecule has 0 radical (unpaired) electrons. The van der Waals surface area contributed by atoms with Crippen LogP contribution in [0.25, 0.3) is 0 Å². The number of amides is 1. The van der Waals surface area contributed by atoms with E-state index in [0.717, 1.165) is 25.7 Å². The van der Waals surface area contributed by atoms with Crippen molar-refractivity contribution in [3.63, 3.8) is 0 Å². The van der Waals surface area contributed by atoms with Crippen LogP contribution < -0.4 is 11.1 Å². The first-order chi connectivity index (χ1) is 9.09. The van der Waals surface area contributed by atoms with Crippen molar-refractivity contribution in [1.29, 1.82) is 0 Å². The molecule has 1 aliphatic rings. The minimum Gasteiger partial charge on any atom is -0.393 e. The zero-order valence-electron chi connectivity index (χ0n) is 10.6. The van der Waals surface area contributed by atoms with Crippen molar-refractivity contribution in [2.75, 3.05) is 11.9 Å². The van der Waals surface area contributed by atoms with Gasteiger partial charge in [0.2, 0.25) is 5.91 Å². The van der Waals surface area contributed by atoms with Gasteiger partial charge in [-0.05, 0) is 34.8 Å². The number of rotatable bonds is 4. The molecule has 0 bridgehead atoms. The van der Waals surface area contributed by atoms with Crippen LogP contribution in [0.3, 0.4) is 0 Å². The second kappa shape index (κ2) is 6.34. The standard InChI is InChI=1S/C13H18BrN3O2/c14-11-9(12(15)19)5-6-16-13(11)17-7-8-3-1-2-4-10(8)18/h5-6,8,10,18H,1-4,7H2,(H2,15,19)(H,16,17)/t8-,10+/m1/s1. The first-order valence-corrected chi connectivity index (χ1v) is 7.25. The molecule has 0 spiro atoms. The molecule has 1 fully saturated rings. The summed E-state index contributed by atoms with van der Waals surface area (Å²) in [6, 6.07) is 1.58. The fourth-order valence-electron chi connectivity index (χ4n) is 2.41. The molecule has 6 heteroatoms. The van der Waals surface area contributed by atoms with Gasteiger partial charge in [-0.3, -0.25) is 4.79 Å². The number of aliphatic hydroxyl groups is 1. The van der Waals surface area contributed by atoms with E-state index in [1.165, 1.54) is 0 Å². The fourth-order valence-corrected chi connectivity index (χ4v) is 2.98. The number of halogens is 1. The topological polar surface area (TPSA) is 88.2 Å². The number of nitrogens with zero attached hydrogens (tertiary/aromatic N) is 1. The van der Waals surface area contributed by atoms with Crippen LogP contribution in [-0.2, 0) is 0 Å². The van der Waals surface area contributed by atoms with Crippen LogP contribution in [0, 0.1) is 5.92 Å². The van der Waals surface area contributed by atoms with Crippen LogP contribution in [0.2, 0.25) is 0 Å². The zero-order valence-corrected chi connectivity index (χ0v) is 12.2. The molecule has 1 aromatic heterocycles. The lowest BCUT2D eigenvalue weighted by Gasteiger charge is -2.28. The van der Waals surface area contributed by atoms with Crippen molar-refractivity contribution in [3.8, 4) is 0 Å². The van der Waals surface area contributed by atoms with Gasteiger partial charge in [0.25, 0.3) is 0 Å². The lowest BCUT2D eigenvalue weighted by Crippen LogP contribution is -2.30. The summed E-state index contributed by atoms with van der Waals surface area (Å²) in [6.07, 6.45) is 5.42. The van der Waals surface area contributed by atoms with E-state index in [4.69, 9.17) is 5.73 Å². The molecule has 1 heterocycles. The Morgan fingerprint density at radius 1 is 1.53 bits per heavy atom. The lowest BCUT2D eigenvalue weighted by molar-refractivity contribution is 0.0762. The van der Waals surface area contributed by atoms with Gasteiger partial charge >= 0.3 is 0 Å². The van der Waals surface area contributed by atoms with Crippen molar-refractivity contribution in [3.05, 3.63) is 22.3 Å². The highest BCUT2D eigenvalue weighted by molar-refractivity contribution is 9.10. The average molecular weight is 328 g/mol. The maximum Gasteiger partial charge on any atom is 0.250 e. The minimum atomic E-state index is -0.491. The predicted octanol–water partition coefficient (Wildman–Crippen LogP) is 1.91. The van der Waals surface area contributed by atoms with Gasteiger partial charge < -0.3 is 16.2 Å². The Morgan fingerprint density at radius 2 is 2.26 bits per heavy atom. The maximum atomic E-state index is 11.2. The average Bonchev–Trinajstić information content (AvgIpc) is 2.39. The summed E-state index contributed by atoms with van der Waals surface area (Å²) in [4.78, 5) is 15.4. The summed E-state index contributed by atoms with van der Waals surface area (Å²) >= 11 is 3.33. The number of pyridine rings is 1. The summed E-state index contributed by atoms with van der Waals surface area (Å²) in [6.45, 7) is 0.648. The molecular formula is C13H18BrN3O2. The van der Waals surface area contributed by atoms with E-state index in [2.05, 4.69) is 26.2 Å². The van der Waals surface area contributed by atoms with Crippen molar-refractivity contribution >= 4 is 27.7 Å². The number of aromatic nitrogens is 1. The van der Waals surface area contributed by atoms with Gasteiger partial charge in [0.05, 0.1) is 16.1 Å². The predicted molar refractivity (Wildman–Crippen MR) is 76.9 cm³/mol. The Morgan fingerprint density at radius 3 is 2.95 bits per heavy atom. The van der Waals surface area contributed by atoms with Gasteiger partial charge in [-0.2, -0.15) is 0 Å². The Bertz CT molecular complexity index is 467. The monoisotopic (exact) mass is 327 g/mol. The number of nitrogens with two attached hydrogens (primary N) is 1. The Hall–Kier alpha value is -1.14. The van der Waals surface area contributed by atoms with Crippen LogP contribution in [0.5, 0.6) is 0 Å². The third kappa shape index (κ3) is 3.45. The van der Waals surface area contributed by atoms with E-state index in [0.29, 0.717) is 22.4 Å². The molecule has 0 aromatic carbocycles. The highest BCUT2D eigenvalue weighted by Crippen LogP contribution is 2.27. The molecule has 1 aliphatic carbocycles. The number of hydrogen-bond donors (Lipinski definition) is 3. The molecular weight excluding hydrogens is 310 g/mol. The first-order valence-electron chi connectivity index (χ1n) is 6.46. The van der Waals surface area contributed by atoms with Gasteiger partial charge in [0.1, 0.15) is 5.82 Å². The largest absolute Gasteiger partial charge is 0.393 e. The molecule has 0 aliphatic heterocycles. The number of nitrogens with one attached hydrogen (secondary N) is 1. The SMILES string of the molecule is NC(=O)c1ccnc(NC[C@H]2CCCC[C@@H]2O)c1Br. The van der Waals surface area contributed by atoms with E-state index in [9.17, 15) is 9.90 Å². The van der Waals surface area contributed by atoms with Crippen molar-refractivity contribution < 1.29 is 9.90 Å². The first kappa shape index (κ1) is 14.3. The van der Waals surface area contributed by atoms with Crippen molar-refractivity contribution in [2.45, 2.75) is 31.8 Å². The molecule has 1 amide bonds. The Labute approximate surface area is 120 Å². The highest BCUT2D eigenvalue weighted by Gasteiger charge is 2.23. The molecule has 4 N–H and O–H groups in total. The minimum absolute atomic E-state index is 0.236. The van der Waals surface area contributed by atoms with Gasteiger partial charge in [-0.25, -0.2) is 4.98 Å². The number of carbonyl (C=O) groups is 1. The maximum absolute atomic E-state index is 11.2. The van der Waals surface area contributed by atoms with Gasteiger partial charge in [-0.1, -0.05) is 12.8 Å². The van der Waals surface area contributed by atoms with E-state index in [1.807, 2.05) is 0 Å². The number of anilines is 1. The van der Waals surface area contributed by atoms with Gasteiger partial charge in [-0.15, -0.1) is 0 Å². The van der Waals surface area contributed by atoms with Crippen molar-refractivity contribution in [2.24, 2.45) is 11.7 Å². The molecule has 104 valence electrons. The molecule has 5 nitrogen and oxygen atoms in total. The summed E-state index contributed by atoms with van der Waals surface area (Å²) in [7, 11) is 0. The van der Waals surface area contributed by atoms with Gasteiger partial charge in [0, 0.05) is 18.7 Å². The Balaban J connectivity index is 2.03. The second-order valence-electron chi connectivity index (χ2n) is 4.88. The number of hydrogen-bond acceptors (Lipinski definition) is 4. The highest BCUT2D eigenvalue weighted by atomic mass is 79.9. The normalized spacial score (nSPS) is 23.1. The quantitative estimate of drug-likeness (QED) is 0.788. The zero-order chi connectivity index (χ0) is 13.8. The number of primary amides is 1. The summed E-state index contributed by atoms with van der Waals surface area (Å²) < 4.78 is 0.577. The third-order valence-electron chi connectivity index (χ3n) is 3.56. The van der Waals surface area contributed by atoms with Crippen LogP contribution >= 0.6 is 15.9 Å². The van der Waals surface area contributed by atoms with Crippen LogP contribution in [0.4, 0.5) is 5.82 Å². The third-order valence-corrected chi connectivity index (χ3v) is 4.36. The number of carbonyl (C=O) groups excluding carboxylic acids is 1. The van der Waals surface area contributed by atoms with Crippen molar-refractivity contribution in [1.82, 2.24) is 4.98 Å². The van der Waals surface area contributed by atoms with E-state index >= 15 is 0 Å². The molecule has 2 rings (SSSR count). The molecule has 2 atom stereocenters. The summed E-state index contributed by atoms with van der Waals surface area (Å²) in [5.41, 5.74) is 5.68. The van der Waals surface area contributed by atoms with Crippen LogP contribution in [-0.4, -0.2) is 28.6 Å². The van der Waals surface area contributed by atoms with E-state index in [-0.39, 0.29) is 12.0 Å². The smallest absolute Gasteiger partial charge is 0.250 e. The molecule has 0 unspecified atom stereocenters. The van der Waals surface area contributed by atoms with E-state index < -0.39 is 5.91 Å². The molecule has 1 saturated carbocycles. The van der Waals surface area contributed by atoms with Crippen LogP contribution in [0.15, 0.2) is 16.7 Å². The van der Waals surface area contributed by atoms with Crippen LogP contribution in [0.1, 0.15) is 36.0 Å². The Kier molecular flexibility index (Phi) is 4.76. The molecule has 19 heavy (non-hydrogen) atoms. The number of aliphatic hydroxyl groups excluding tert-OH is 1. The van der Waals surface area contributed by atoms with Gasteiger partial charge in [0.15, 0.2) is 0 Å². The second-order valence-corrected chi connectivity index (χ2v) is 5.67. The summed E-state index contributed by atoms with van der Waals surface area (Å²) in [5, 5.41) is 13.1. The summed E-state index contributed by atoms with van der Waals surface area (Å²) in [5.74, 6) is 0.337. The molecule has 0 saturated heterocycles.